The Labute approximate surface area is 116 Å². The molecule has 0 radical (unpaired) electrons. The molecule has 2 aliphatic rings. The first kappa shape index (κ1) is 14.2. The van der Waals surface area contributed by atoms with Crippen molar-refractivity contribution in [2.45, 2.75) is 70.1 Å². The minimum Gasteiger partial charge on any atom is -0.355 e. The van der Waals surface area contributed by atoms with Crippen LogP contribution in [0.2, 0.25) is 0 Å². The fraction of sp³-hybridized carbons (Fsp3) is 0.933. The molecule has 104 valence electrons. The van der Waals surface area contributed by atoms with Gasteiger partial charge in [-0.3, -0.25) is 4.79 Å². The molecule has 1 N–H and O–H groups in total. The Morgan fingerprint density at radius 2 is 1.83 bits per heavy atom. The molecule has 0 heterocycles. The van der Waals surface area contributed by atoms with Gasteiger partial charge in [0.15, 0.2) is 0 Å². The molecule has 0 bridgehead atoms. The molecule has 0 aromatic heterocycles. The number of hydrogen-bond acceptors (Lipinski definition) is 1. The zero-order valence-electron chi connectivity index (χ0n) is 11.5. The number of nitrogens with one attached hydrogen (secondary N) is 1. The van der Waals surface area contributed by atoms with Gasteiger partial charge in [-0.25, -0.2) is 0 Å². The van der Waals surface area contributed by atoms with E-state index in [2.05, 4.69) is 12.2 Å². The lowest BCUT2D eigenvalue weighted by molar-refractivity contribution is -0.132. The molecule has 0 spiro atoms. The van der Waals surface area contributed by atoms with Crippen LogP contribution in [0.5, 0.6) is 0 Å². The third-order valence-corrected chi connectivity index (χ3v) is 5.42. The second-order valence-electron chi connectivity index (χ2n) is 6.39. The van der Waals surface area contributed by atoms with Crippen LogP contribution in [-0.2, 0) is 4.79 Å². The molecule has 2 atom stereocenters. The molecule has 2 aliphatic carbocycles. The SMILES string of the molecule is CC1(C(=O)NCC2CCCCC2Cl)CCCCC1. The Kier molecular flexibility index (Phi) is 4.94. The van der Waals surface area contributed by atoms with Gasteiger partial charge in [0.1, 0.15) is 0 Å². The highest BCUT2D eigenvalue weighted by Crippen LogP contribution is 2.36. The molecular formula is C15H26ClNO. The number of hydrogen-bond donors (Lipinski definition) is 1. The van der Waals surface area contributed by atoms with Crippen molar-refractivity contribution in [3.63, 3.8) is 0 Å². The van der Waals surface area contributed by atoms with E-state index < -0.39 is 0 Å². The Morgan fingerprint density at radius 1 is 1.17 bits per heavy atom. The maximum Gasteiger partial charge on any atom is 0.225 e. The molecule has 18 heavy (non-hydrogen) atoms. The van der Waals surface area contributed by atoms with Gasteiger partial charge in [0, 0.05) is 17.3 Å². The first-order chi connectivity index (χ1) is 8.62. The molecule has 0 saturated heterocycles. The molecule has 2 rings (SSSR count). The van der Waals surface area contributed by atoms with Gasteiger partial charge < -0.3 is 5.32 Å². The molecule has 2 fully saturated rings. The smallest absolute Gasteiger partial charge is 0.225 e. The summed E-state index contributed by atoms with van der Waals surface area (Å²) >= 11 is 6.34. The Morgan fingerprint density at radius 3 is 2.50 bits per heavy atom. The number of halogens is 1. The zero-order chi connectivity index (χ0) is 13.0. The van der Waals surface area contributed by atoms with Gasteiger partial charge in [0.05, 0.1) is 0 Å². The Hall–Kier alpha value is -0.240. The molecule has 2 unspecified atom stereocenters. The van der Waals surface area contributed by atoms with Crippen LogP contribution in [-0.4, -0.2) is 17.8 Å². The minimum atomic E-state index is -0.116. The lowest BCUT2D eigenvalue weighted by Gasteiger charge is -2.34. The topological polar surface area (TPSA) is 29.1 Å². The van der Waals surface area contributed by atoms with Crippen LogP contribution >= 0.6 is 11.6 Å². The number of carbonyl (C=O) groups is 1. The molecule has 0 aromatic rings. The van der Waals surface area contributed by atoms with Crippen LogP contribution in [0.3, 0.4) is 0 Å². The molecule has 1 amide bonds. The zero-order valence-corrected chi connectivity index (χ0v) is 12.3. The Balaban J connectivity index is 1.80. The van der Waals surface area contributed by atoms with E-state index in [1.165, 1.54) is 38.5 Å². The maximum absolute atomic E-state index is 12.3. The quantitative estimate of drug-likeness (QED) is 0.776. The van der Waals surface area contributed by atoms with E-state index >= 15 is 0 Å². The lowest BCUT2D eigenvalue weighted by atomic mass is 9.75. The second kappa shape index (κ2) is 6.27. The summed E-state index contributed by atoms with van der Waals surface area (Å²) < 4.78 is 0. The molecule has 2 saturated carbocycles. The van der Waals surface area contributed by atoms with E-state index in [-0.39, 0.29) is 16.7 Å². The summed E-state index contributed by atoms with van der Waals surface area (Å²) in [6.07, 6.45) is 10.6. The third kappa shape index (κ3) is 3.40. The highest BCUT2D eigenvalue weighted by atomic mass is 35.5. The largest absolute Gasteiger partial charge is 0.355 e. The molecule has 3 heteroatoms. The lowest BCUT2D eigenvalue weighted by Crippen LogP contribution is -2.43. The molecule has 2 nitrogen and oxygen atoms in total. The monoisotopic (exact) mass is 271 g/mol. The van der Waals surface area contributed by atoms with Crippen LogP contribution in [0.15, 0.2) is 0 Å². The average molecular weight is 272 g/mol. The van der Waals surface area contributed by atoms with Gasteiger partial charge in [-0.2, -0.15) is 0 Å². The Bertz CT molecular complexity index is 286. The van der Waals surface area contributed by atoms with E-state index in [0.29, 0.717) is 5.92 Å². The summed E-state index contributed by atoms with van der Waals surface area (Å²) in [6.45, 7) is 2.91. The second-order valence-corrected chi connectivity index (χ2v) is 6.95. The van der Waals surface area contributed by atoms with Gasteiger partial charge >= 0.3 is 0 Å². The first-order valence-electron chi connectivity index (χ1n) is 7.54. The van der Waals surface area contributed by atoms with Crippen molar-refractivity contribution < 1.29 is 4.79 Å². The van der Waals surface area contributed by atoms with Crippen molar-refractivity contribution in [2.24, 2.45) is 11.3 Å². The highest BCUT2D eigenvalue weighted by Gasteiger charge is 2.35. The number of carbonyl (C=O) groups excluding carboxylic acids is 1. The van der Waals surface area contributed by atoms with Gasteiger partial charge in [-0.1, -0.05) is 39.0 Å². The van der Waals surface area contributed by atoms with E-state index in [9.17, 15) is 4.79 Å². The fourth-order valence-electron chi connectivity index (χ4n) is 3.39. The minimum absolute atomic E-state index is 0.116. The van der Waals surface area contributed by atoms with Crippen LogP contribution in [0.1, 0.15) is 64.7 Å². The number of alkyl halides is 1. The summed E-state index contributed by atoms with van der Waals surface area (Å²) in [7, 11) is 0. The van der Waals surface area contributed by atoms with Crippen molar-refractivity contribution in [1.29, 1.82) is 0 Å². The van der Waals surface area contributed by atoms with Gasteiger partial charge in [0.2, 0.25) is 5.91 Å². The standard InChI is InChI=1S/C15H26ClNO/c1-15(9-5-2-6-10-15)14(18)17-11-12-7-3-4-8-13(12)16/h12-13H,2-11H2,1H3,(H,17,18). The van der Waals surface area contributed by atoms with Crippen LogP contribution < -0.4 is 5.32 Å². The van der Waals surface area contributed by atoms with Crippen molar-refractivity contribution in [3.8, 4) is 0 Å². The van der Waals surface area contributed by atoms with Crippen LogP contribution in [0.25, 0.3) is 0 Å². The summed E-state index contributed by atoms with van der Waals surface area (Å²) in [5.74, 6) is 0.744. The van der Waals surface area contributed by atoms with Crippen molar-refractivity contribution in [3.05, 3.63) is 0 Å². The predicted molar refractivity (Wildman–Crippen MR) is 75.8 cm³/mol. The van der Waals surface area contributed by atoms with E-state index in [4.69, 9.17) is 11.6 Å². The third-order valence-electron chi connectivity index (χ3n) is 4.85. The normalized spacial score (nSPS) is 31.9. The highest BCUT2D eigenvalue weighted by molar-refractivity contribution is 6.20. The first-order valence-corrected chi connectivity index (χ1v) is 7.98. The number of rotatable bonds is 3. The summed E-state index contributed by atoms with van der Waals surface area (Å²) in [6, 6.07) is 0. The van der Waals surface area contributed by atoms with Crippen LogP contribution in [0, 0.1) is 11.3 Å². The van der Waals surface area contributed by atoms with Crippen LogP contribution in [0.4, 0.5) is 0 Å². The van der Waals surface area contributed by atoms with Crippen molar-refractivity contribution in [2.75, 3.05) is 6.54 Å². The average Bonchev–Trinajstić information content (AvgIpc) is 2.38. The van der Waals surface area contributed by atoms with Crippen molar-refractivity contribution >= 4 is 17.5 Å². The summed E-state index contributed by atoms with van der Waals surface area (Å²) in [4.78, 5) is 12.3. The maximum atomic E-state index is 12.3. The van der Waals surface area contributed by atoms with E-state index in [1.54, 1.807) is 0 Å². The van der Waals surface area contributed by atoms with Crippen molar-refractivity contribution in [1.82, 2.24) is 5.32 Å². The van der Waals surface area contributed by atoms with Gasteiger partial charge in [-0.15, -0.1) is 11.6 Å². The van der Waals surface area contributed by atoms with E-state index in [0.717, 1.165) is 25.8 Å². The van der Waals surface area contributed by atoms with Gasteiger partial charge in [-0.05, 0) is 31.6 Å². The van der Waals surface area contributed by atoms with E-state index in [1.807, 2.05) is 0 Å². The number of amides is 1. The molecule has 0 aliphatic heterocycles. The summed E-state index contributed by atoms with van der Waals surface area (Å²) in [5.41, 5.74) is -0.116. The molecular weight excluding hydrogens is 246 g/mol. The summed E-state index contributed by atoms with van der Waals surface area (Å²) in [5, 5.41) is 3.43. The molecule has 0 aromatic carbocycles. The van der Waals surface area contributed by atoms with Gasteiger partial charge in [0.25, 0.3) is 0 Å². The predicted octanol–water partition coefficient (Wildman–Crippen LogP) is 3.87. The fourth-order valence-corrected chi connectivity index (χ4v) is 3.76.